The van der Waals surface area contributed by atoms with E-state index < -0.39 is 5.41 Å². The summed E-state index contributed by atoms with van der Waals surface area (Å²) in [5.41, 5.74) is 0.881. The van der Waals surface area contributed by atoms with E-state index in [1.807, 2.05) is 44.2 Å². The molecule has 31 heavy (non-hydrogen) atoms. The van der Waals surface area contributed by atoms with Gasteiger partial charge in [0.1, 0.15) is 5.75 Å². The molecule has 168 valence electrons. The Morgan fingerprint density at radius 2 is 1.74 bits per heavy atom. The fraction of sp³-hybridized carbons (Fsp3) is 0.480. The van der Waals surface area contributed by atoms with E-state index in [1.54, 1.807) is 19.2 Å². The van der Waals surface area contributed by atoms with Crippen LogP contribution in [-0.2, 0) is 14.9 Å². The molecule has 3 rings (SSSR count). The molecule has 1 saturated carbocycles. The number of hydrogen-bond acceptors (Lipinski definition) is 3. The number of ether oxygens (including phenoxy) is 2. The quantitative estimate of drug-likeness (QED) is 0.456. The number of methoxy groups -OCH3 is 1. The van der Waals surface area contributed by atoms with Crippen molar-refractivity contribution in [3.05, 3.63) is 58.1 Å². The fourth-order valence-electron chi connectivity index (χ4n) is 4.03. The Balaban J connectivity index is 1.72. The van der Waals surface area contributed by atoms with Gasteiger partial charge in [-0.15, -0.1) is 0 Å². The topological polar surface area (TPSA) is 47.6 Å². The molecule has 0 aliphatic heterocycles. The fourth-order valence-corrected chi connectivity index (χ4v) is 4.39. The number of carbonyl (C=O) groups is 1. The zero-order valence-corrected chi connectivity index (χ0v) is 20.0. The minimum Gasteiger partial charge on any atom is -0.492 e. The van der Waals surface area contributed by atoms with Crippen LogP contribution in [0.3, 0.4) is 0 Å². The highest BCUT2D eigenvalue weighted by Crippen LogP contribution is 2.41. The lowest BCUT2D eigenvalue weighted by Crippen LogP contribution is -2.42. The maximum atomic E-state index is 13.5. The smallest absolute Gasteiger partial charge is 0.235 e. The van der Waals surface area contributed by atoms with Crippen LogP contribution in [-0.4, -0.2) is 25.2 Å². The molecule has 1 amide bonds. The standard InChI is InChI=1S/C25H31Cl2NO3/c1-24(2,30-3)15-16-31-22-12-11-20(17-21(22)27)28-23(29)25(13-5-4-6-14-25)18-7-9-19(26)10-8-18/h7-12,17H,4-6,13-16H2,1-3H3,(H,28,29). The molecule has 1 N–H and O–H groups in total. The molecule has 1 aliphatic rings. The summed E-state index contributed by atoms with van der Waals surface area (Å²) in [6, 6.07) is 13.0. The zero-order valence-electron chi connectivity index (χ0n) is 18.5. The van der Waals surface area contributed by atoms with E-state index in [0.29, 0.717) is 28.1 Å². The number of hydrogen-bond donors (Lipinski definition) is 1. The van der Waals surface area contributed by atoms with Gasteiger partial charge in [0, 0.05) is 24.2 Å². The van der Waals surface area contributed by atoms with Gasteiger partial charge >= 0.3 is 0 Å². The summed E-state index contributed by atoms with van der Waals surface area (Å²) in [6.07, 6.45) is 5.60. The van der Waals surface area contributed by atoms with Gasteiger partial charge in [0.05, 0.1) is 22.6 Å². The summed E-state index contributed by atoms with van der Waals surface area (Å²) >= 11 is 12.5. The van der Waals surface area contributed by atoms with Gasteiger partial charge < -0.3 is 14.8 Å². The Hall–Kier alpha value is -1.75. The first-order valence-electron chi connectivity index (χ1n) is 10.8. The van der Waals surface area contributed by atoms with E-state index in [0.717, 1.165) is 44.1 Å². The number of amides is 1. The highest BCUT2D eigenvalue weighted by atomic mass is 35.5. The molecule has 0 saturated heterocycles. The minimum atomic E-state index is -0.545. The van der Waals surface area contributed by atoms with Crippen LogP contribution in [0.5, 0.6) is 5.75 Å². The second-order valence-electron chi connectivity index (χ2n) is 8.81. The Labute approximate surface area is 195 Å². The van der Waals surface area contributed by atoms with Crippen LogP contribution in [0.25, 0.3) is 0 Å². The van der Waals surface area contributed by atoms with Gasteiger partial charge in [-0.2, -0.15) is 0 Å². The molecule has 2 aromatic rings. The first-order valence-corrected chi connectivity index (χ1v) is 11.6. The van der Waals surface area contributed by atoms with Crippen LogP contribution in [0.4, 0.5) is 5.69 Å². The SMILES string of the molecule is COC(C)(C)CCOc1ccc(NC(=O)C2(c3ccc(Cl)cc3)CCCCC2)cc1Cl. The van der Waals surface area contributed by atoms with Crippen molar-refractivity contribution in [2.24, 2.45) is 0 Å². The van der Waals surface area contributed by atoms with Crippen LogP contribution >= 0.6 is 23.2 Å². The van der Waals surface area contributed by atoms with Crippen LogP contribution in [0.15, 0.2) is 42.5 Å². The molecular formula is C25H31Cl2NO3. The molecule has 0 atom stereocenters. The molecule has 1 fully saturated rings. The van der Waals surface area contributed by atoms with Crippen LogP contribution in [0.2, 0.25) is 10.0 Å². The van der Waals surface area contributed by atoms with Gasteiger partial charge in [-0.1, -0.05) is 54.6 Å². The minimum absolute atomic E-state index is 0.00102. The molecule has 0 spiro atoms. The normalized spacial score (nSPS) is 16.0. The van der Waals surface area contributed by atoms with E-state index in [1.165, 1.54) is 0 Å². The number of halogens is 2. The summed E-state index contributed by atoms with van der Waals surface area (Å²) in [6.45, 7) is 4.52. The second kappa shape index (κ2) is 10.2. The molecule has 0 aromatic heterocycles. The van der Waals surface area contributed by atoms with Crippen molar-refractivity contribution in [3.8, 4) is 5.75 Å². The first kappa shape index (κ1) is 23.9. The first-order chi connectivity index (χ1) is 14.8. The van der Waals surface area contributed by atoms with Crippen molar-refractivity contribution in [3.63, 3.8) is 0 Å². The third-order valence-corrected chi connectivity index (χ3v) is 6.79. The van der Waals surface area contributed by atoms with Gasteiger partial charge in [0.25, 0.3) is 0 Å². The monoisotopic (exact) mass is 463 g/mol. The van der Waals surface area contributed by atoms with E-state index in [4.69, 9.17) is 32.7 Å². The van der Waals surface area contributed by atoms with E-state index in [-0.39, 0.29) is 11.5 Å². The number of rotatable bonds is 8. The number of nitrogens with one attached hydrogen (secondary N) is 1. The summed E-state index contributed by atoms with van der Waals surface area (Å²) in [5, 5.41) is 4.23. The molecule has 0 radical (unpaired) electrons. The lowest BCUT2D eigenvalue weighted by Gasteiger charge is -2.36. The molecule has 4 nitrogen and oxygen atoms in total. The predicted octanol–water partition coefficient (Wildman–Crippen LogP) is 7.03. The molecule has 6 heteroatoms. The Bertz CT molecular complexity index is 890. The third kappa shape index (κ3) is 5.94. The Kier molecular flexibility index (Phi) is 7.90. The van der Waals surface area contributed by atoms with Gasteiger partial charge in [-0.3, -0.25) is 4.79 Å². The van der Waals surface area contributed by atoms with Crippen LogP contribution < -0.4 is 10.1 Å². The number of carbonyl (C=O) groups excluding carboxylic acids is 1. The summed E-state index contributed by atoms with van der Waals surface area (Å²) in [7, 11) is 1.69. The highest BCUT2D eigenvalue weighted by Gasteiger charge is 2.41. The lowest BCUT2D eigenvalue weighted by atomic mass is 9.68. The Morgan fingerprint density at radius 1 is 1.06 bits per heavy atom. The molecule has 1 aliphatic carbocycles. The van der Waals surface area contributed by atoms with Gasteiger partial charge in [0.15, 0.2) is 0 Å². The maximum absolute atomic E-state index is 13.5. The summed E-state index contributed by atoms with van der Waals surface area (Å²) in [4.78, 5) is 13.5. The van der Waals surface area contributed by atoms with Gasteiger partial charge in [0.2, 0.25) is 5.91 Å². The van der Waals surface area contributed by atoms with Crippen molar-refractivity contribution in [2.75, 3.05) is 19.0 Å². The highest BCUT2D eigenvalue weighted by molar-refractivity contribution is 6.32. The second-order valence-corrected chi connectivity index (χ2v) is 9.65. The molecule has 2 aromatic carbocycles. The van der Waals surface area contributed by atoms with Crippen molar-refractivity contribution in [1.29, 1.82) is 0 Å². The number of anilines is 1. The van der Waals surface area contributed by atoms with Crippen molar-refractivity contribution in [2.45, 2.75) is 63.4 Å². The maximum Gasteiger partial charge on any atom is 0.235 e. The van der Waals surface area contributed by atoms with Gasteiger partial charge in [-0.25, -0.2) is 0 Å². The lowest BCUT2D eigenvalue weighted by molar-refractivity contribution is -0.122. The van der Waals surface area contributed by atoms with Crippen molar-refractivity contribution >= 4 is 34.8 Å². The predicted molar refractivity (Wildman–Crippen MR) is 127 cm³/mol. The molecule has 0 bridgehead atoms. The van der Waals surface area contributed by atoms with Crippen molar-refractivity contribution in [1.82, 2.24) is 0 Å². The Morgan fingerprint density at radius 3 is 2.35 bits per heavy atom. The summed E-state index contributed by atoms with van der Waals surface area (Å²) in [5.74, 6) is 0.595. The van der Waals surface area contributed by atoms with Gasteiger partial charge in [-0.05, 0) is 62.6 Å². The van der Waals surface area contributed by atoms with Crippen LogP contribution in [0.1, 0.15) is 57.9 Å². The molecular weight excluding hydrogens is 433 g/mol. The van der Waals surface area contributed by atoms with Crippen molar-refractivity contribution < 1.29 is 14.3 Å². The molecule has 0 heterocycles. The van der Waals surface area contributed by atoms with E-state index in [2.05, 4.69) is 5.32 Å². The van der Waals surface area contributed by atoms with E-state index >= 15 is 0 Å². The number of benzene rings is 2. The average molecular weight is 464 g/mol. The summed E-state index contributed by atoms with van der Waals surface area (Å²) < 4.78 is 11.2. The largest absolute Gasteiger partial charge is 0.492 e. The zero-order chi connectivity index (χ0) is 22.5. The van der Waals surface area contributed by atoms with E-state index in [9.17, 15) is 4.79 Å². The average Bonchev–Trinajstić information content (AvgIpc) is 2.76. The van der Waals surface area contributed by atoms with Crippen LogP contribution in [0, 0.1) is 0 Å². The molecule has 0 unspecified atom stereocenters. The third-order valence-electron chi connectivity index (χ3n) is 6.24.